The molecule has 6 nitrogen and oxygen atoms in total. The van der Waals surface area contributed by atoms with Gasteiger partial charge in [0.2, 0.25) is 0 Å². The van der Waals surface area contributed by atoms with Crippen molar-refractivity contribution in [1.29, 1.82) is 0 Å². The Bertz CT molecular complexity index is 1240. The van der Waals surface area contributed by atoms with Crippen molar-refractivity contribution in [2.24, 2.45) is 0 Å². The lowest BCUT2D eigenvalue weighted by Crippen LogP contribution is -2.68. The average molecular weight is 611 g/mol. The second kappa shape index (κ2) is 11.2. The highest BCUT2D eigenvalue weighted by Gasteiger charge is 2.44. The van der Waals surface area contributed by atoms with Crippen LogP contribution in [-0.4, -0.2) is 58.9 Å². The zero-order valence-corrected chi connectivity index (χ0v) is 21.3. The molecule has 10 heteroatoms. The van der Waals surface area contributed by atoms with Crippen LogP contribution in [0, 0.1) is 21.0 Å². The SMILES string of the molecule is O=C(c1ccc(F)c(F)c1Nc1ccc(I)cc1F)N1CC(O)(CNC(CO)Cc2ccccc2)C1. The smallest absolute Gasteiger partial charge is 0.256 e. The first-order chi connectivity index (χ1) is 17.2. The lowest BCUT2D eigenvalue weighted by Gasteiger charge is -2.47. The summed E-state index contributed by atoms with van der Waals surface area (Å²) in [5, 5.41) is 26.1. The van der Waals surface area contributed by atoms with Crippen molar-refractivity contribution >= 4 is 39.9 Å². The Labute approximate surface area is 220 Å². The number of nitrogens with zero attached hydrogens (tertiary/aromatic N) is 1. The molecule has 3 aromatic carbocycles. The third-order valence-electron chi connectivity index (χ3n) is 6.04. The fraction of sp³-hybridized carbons (Fsp3) is 0.269. The maximum atomic E-state index is 14.7. The number of rotatable bonds is 9. The monoisotopic (exact) mass is 611 g/mol. The van der Waals surface area contributed by atoms with Crippen molar-refractivity contribution in [1.82, 2.24) is 10.2 Å². The van der Waals surface area contributed by atoms with Crippen LogP contribution in [0.4, 0.5) is 24.5 Å². The van der Waals surface area contributed by atoms with Crippen molar-refractivity contribution in [2.75, 3.05) is 31.6 Å². The fourth-order valence-corrected chi connectivity index (χ4v) is 4.55. The average Bonchev–Trinajstić information content (AvgIpc) is 2.84. The molecule has 0 radical (unpaired) electrons. The molecule has 1 aliphatic rings. The van der Waals surface area contributed by atoms with Crippen LogP contribution in [0.5, 0.6) is 0 Å². The van der Waals surface area contributed by atoms with Gasteiger partial charge in [-0.05, 0) is 64.9 Å². The Morgan fingerprint density at radius 2 is 1.78 bits per heavy atom. The molecular weight excluding hydrogens is 586 g/mol. The lowest BCUT2D eigenvalue weighted by molar-refractivity contribution is -0.0803. The van der Waals surface area contributed by atoms with E-state index >= 15 is 0 Å². The van der Waals surface area contributed by atoms with Gasteiger partial charge in [0.05, 0.1) is 36.6 Å². The number of nitrogens with one attached hydrogen (secondary N) is 2. The predicted octanol–water partition coefficient (Wildman–Crippen LogP) is 3.83. The number of hydrogen-bond donors (Lipinski definition) is 4. The molecule has 0 bridgehead atoms. The molecule has 0 spiro atoms. The van der Waals surface area contributed by atoms with E-state index in [1.807, 2.05) is 52.9 Å². The number of anilines is 2. The lowest BCUT2D eigenvalue weighted by atomic mass is 9.92. The molecule has 0 aromatic heterocycles. The van der Waals surface area contributed by atoms with E-state index < -0.39 is 34.6 Å². The van der Waals surface area contributed by atoms with Gasteiger partial charge in [-0.25, -0.2) is 13.2 Å². The van der Waals surface area contributed by atoms with Crippen LogP contribution in [0.15, 0.2) is 60.7 Å². The first-order valence-electron chi connectivity index (χ1n) is 11.3. The van der Waals surface area contributed by atoms with Crippen LogP contribution >= 0.6 is 22.6 Å². The van der Waals surface area contributed by atoms with E-state index in [-0.39, 0.29) is 43.5 Å². The zero-order chi connectivity index (χ0) is 25.9. The Kier molecular flexibility index (Phi) is 8.18. The standard InChI is InChI=1S/C26H25F3IN3O3/c27-20-8-7-19(24(23(20)29)32-22-9-6-17(30)11-21(22)28)25(35)33-14-26(36,15-33)13-31-18(12-34)10-16-4-2-1-3-5-16/h1-9,11,18,31-32,34,36H,10,12-15H2. The van der Waals surface area contributed by atoms with Gasteiger partial charge in [-0.15, -0.1) is 0 Å². The molecule has 4 N–H and O–H groups in total. The van der Waals surface area contributed by atoms with E-state index in [1.54, 1.807) is 6.07 Å². The molecule has 3 aromatic rings. The number of likely N-dealkylation sites (tertiary alicyclic amines) is 1. The van der Waals surface area contributed by atoms with Gasteiger partial charge in [-0.1, -0.05) is 30.3 Å². The summed E-state index contributed by atoms with van der Waals surface area (Å²) in [5.74, 6) is -3.79. The second-order valence-corrected chi connectivity index (χ2v) is 10.1. The molecule has 1 atom stereocenters. The van der Waals surface area contributed by atoms with Crippen molar-refractivity contribution in [3.63, 3.8) is 0 Å². The zero-order valence-electron chi connectivity index (χ0n) is 19.1. The highest BCUT2D eigenvalue weighted by Crippen LogP contribution is 2.31. The maximum Gasteiger partial charge on any atom is 0.256 e. The van der Waals surface area contributed by atoms with Crippen LogP contribution in [-0.2, 0) is 6.42 Å². The summed E-state index contributed by atoms with van der Waals surface area (Å²) in [6.45, 7) is -0.0878. The number of aliphatic hydroxyl groups excluding tert-OH is 1. The van der Waals surface area contributed by atoms with E-state index in [0.717, 1.165) is 17.7 Å². The fourth-order valence-electron chi connectivity index (χ4n) is 4.10. The Hall–Kier alpha value is -2.67. The first-order valence-corrected chi connectivity index (χ1v) is 12.4. The Balaban J connectivity index is 1.42. The van der Waals surface area contributed by atoms with Crippen LogP contribution in [0.25, 0.3) is 0 Å². The quantitative estimate of drug-likeness (QED) is 0.277. The number of carbonyl (C=O) groups is 1. The minimum Gasteiger partial charge on any atom is -0.395 e. The van der Waals surface area contributed by atoms with E-state index in [2.05, 4.69) is 10.6 Å². The van der Waals surface area contributed by atoms with Crippen LogP contribution in [0.1, 0.15) is 15.9 Å². The number of halogens is 4. The second-order valence-electron chi connectivity index (χ2n) is 8.87. The molecule has 1 fully saturated rings. The normalized spacial score (nSPS) is 15.3. The van der Waals surface area contributed by atoms with Gasteiger partial charge >= 0.3 is 0 Å². The summed E-state index contributed by atoms with van der Waals surface area (Å²) in [7, 11) is 0. The van der Waals surface area contributed by atoms with Crippen molar-refractivity contribution in [3.05, 3.63) is 92.8 Å². The van der Waals surface area contributed by atoms with Crippen molar-refractivity contribution in [2.45, 2.75) is 18.1 Å². The molecule has 0 saturated carbocycles. The summed E-state index contributed by atoms with van der Waals surface area (Å²) >= 11 is 1.92. The summed E-state index contributed by atoms with van der Waals surface area (Å²) in [6, 6.07) is 15.5. The minimum absolute atomic E-state index is 0.0430. The molecule has 0 aliphatic carbocycles. The molecule has 1 aliphatic heterocycles. The number of benzene rings is 3. The molecule has 1 amide bonds. The molecule has 1 saturated heterocycles. The van der Waals surface area contributed by atoms with Crippen LogP contribution in [0.2, 0.25) is 0 Å². The topological polar surface area (TPSA) is 84.8 Å². The van der Waals surface area contributed by atoms with E-state index in [1.165, 1.54) is 17.0 Å². The molecule has 190 valence electrons. The summed E-state index contributed by atoms with van der Waals surface area (Å²) in [4.78, 5) is 14.4. The van der Waals surface area contributed by atoms with Crippen molar-refractivity contribution in [3.8, 4) is 0 Å². The number of hydrogen-bond acceptors (Lipinski definition) is 5. The van der Waals surface area contributed by atoms with Gasteiger partial charge in [0.1, 0.15) is 11.4 Å². The highest BCUT2D eigenvalue weighted by molar-refractivity contribution is 14.1. The molecular formula is C26H25F3IN3O3. The largest absolute Gasteiger partial charge is 0.395 e. The van der Waals surface area contributed by atoms with E-state index in [4.69, 9.17) is 0 Å². The third kappa shape index (κ3) is 6.00. The predicted molar refractivity (Wildman–Crippen MR) is 139 cm³/mol. The molecule has 4 rings (SSSR count). The first kappa shape index (κ1) is 26.4. The third-order valence-corrected chi connectivity index (χ3v) is 6.71. The molecule has 36 heavy (non-hydrogen) atoms. The molecule has 1 unspecified atom stereocenters. The van der Waals surface area contributed by atoms with Gasteiger partial charge in [0.15, 0.2) is 11.6 Å². The van der Waals surface area contributed by atoms with Gasteiger partial charge in [0, 0.05) is 16.2 Å². The maximum absolute atomic E-state index is 14.7. The van der Waals surface area contributed by atoms with E-state index in [9.17, 15) is 28.2 Å². The van der Waals surface area contributed by atoms with Gasteiger partial charge in [0.25, 0.3) is 5.91 Å². The van der Waals surface area contributed by atoms with Gasteiger partial charge in [-0.2, -0.15) is 0 Å². The van der Waals surface area contributed by atoms with Crippen LogP contribution < -0.4 is 10.6 Å². The molecule has 1 heterocycles. The number of β-amino-alcohol motifs (C(OH)–C–C–N with tert-alkyl or cyclic N) is 1. The Morgan fingerprint density at radius 3 is 2.44 bits per heavy atom. The highest BCUT2D eigenvalue weighted by atomic mass is 127. The Morgan fingerprint density at radius 1 is 1.06 bits per heavy atom. The van der Waals surface area contributed by atoms with E-state index in [0.29, 0.717) is 9.99 Å². The number of amides is 1. The number of carbonyl (C=O) groups excluding carboxylic acids is 1. The van der Waals surface area contributed by atoms with Crippen molar-refractivity contribution < 1.29 is 28.2 Å². The number of aliphatic hydroxyl groups is 2. The minimum atomic E-state index is -1.30. The summed E-state index contributed by atoms with van der Waals surface area (Å²) in [6.07, 6.45) is 0.565. The van der Waals surface area contributed by atoms with Gasteiger partial charge in [-0.3, -0.25) is 4.79 Å². The summed E-state index contributed by atoms with van der Waals surface area (Å²) in [5.41, 5.74) is -0.971. The van der Waals surface area contributed by atoms with Gasteiger partial charge < -0.3 is 25.7 Å². The van der Waals surface area contributed by atoms with Crippen LogP contribution in [0.3, 0.4) is 0 Å². The summed E-state index contributed by atoms with van der Waals surface area (Å²) < 4.78 is 43.6.